The number of rotatable bonds is 7. The maximum absolute atomic E-state index is 11.3. The third-order valence-corrected chi connectivity index (χ3v) is 2.06. The fourth-order valence-electron chi connectivity index (χ4n) is 1.11. The number of ketones is 1. The molecule has 0 bridgehead atoms. The van der Waals surface area contributed by atoms with Crippen molar-refractivity contribution in [1.82, 2.24) is 0 Å². The molecule has 76 valence electrons. The van der Waals surface area contributed by atoms with Crippen molar-refractivity contribution in [2.75, 3.05) is 0 Å². The van der Waals surface area contributed by atoms with E-state index >= 15 is 0 Å². The second-order valence-electron chi connectivity index (χ2n) is 3.69. The van der Waals surface area contributed by atoms with Crippen LogP contribution in [0, 0.1) is 0 Å². The summed E-state index contributed by atoms with van der Waals surface area (Å²) in [5.74, 6) is 0.299. The van der Waals surface area contributed by atoms with Crippen LogP contribution in [0.3, 0.4) is 0 Å². The molecule has 2 N–H and O–H groups in total. The minimum Gasteiger partial charge on any atom is -0.328 e. The molecular weight excluding hydrogens is 162 g/mol. The molecule has 0 saturated heterocycles. The molecule has 0 amide bonds. The Morgan fingerprint density at radius 3 is 2.62 bits per heavy atom. The van der Waals surface area contributed by atoms with Gasteiger partial charge in [-0.05, 0) is 26.2 Å². The molecule has 0 heterocycles. The normalized spacial score (nSPS) is 12.5. The SMILES string of the molecule is C=C(CC)CC(=O)CCCC(C)N. The van der Waals surface area contributed by atoms with Crippen LogP contribution in [0.2, 0.25) is 0 Å². The van der Waals surface area contributed by atoms with Crippen molar-refractivity contribution in [3.8, 4) is 0 Å². The molecule has 0 aliphatic carbocycles. The van der Waals surface area contributed by atoms with Crippen molar-refractivity contribution in [1.29, 1.82) is 0 Å². The Hall–Kier alpha value is -0.630. The monoisotopic (exact) mass is 183 g/mol. The Bertz CT molecular complexity index is 173. The van der Waals surface area contributed by atoms with Gasteiger partial charge in [-0.25, -0.2) is 0 Å². The maximum atomic E-state index is 11.3. The van der Waals surface area contributed by atoms with Gasteiger partial charge >= 0.3 is 0 Å². The summed E-state index contributed by atoms with van der Waals surface area (Å²) in [7, 11) is 0. The number of Topliss-reactive ketones (excluding diaryl/α,β-unsaturated/α-hetero) is 1. The molecule has 0 aliphatic heterocycles. The fraction of sp³-hybridized carbons (Fsp3) is 0.727. The van der Waals surface area contributed by atoms with E-state index in [1.54, 1.807) is 0 Å². The topological polar surface area (TPSA) is 43.1 Å². The number of carbonyl (C=O) groups is 1. The molecule has 0 rings (SSSR count). The highest BCUT2D eigenvalue weighted by Gasteiger charge is 2.03. The van der Waals surface area contributed by atoms with Crippen LogP contribution in [0.4, 0.5) is 0 Å². The molecule has 1 unspecified atom stereocenters. The first-order valence-electron chi connectivity index (χ1n) is 5.00. The lowest BCUT2D eigenvalue weighted by atomic mass is 10.0. The van der Waals surface area contributed by atoms with Gasteiger partial charge in [0.2, 0.25) is 0 Å². The van der Waals surface area contributed by atoms with Crippen LogP contribution < -0.4 is 5.73 Å². The minimum absolute atomic E-state index is 0.210. The maximum Gasteiger partial charge on any atom is 0.136 e. The largest absolute Gasteiger partial charge is 0.328 e. The van der Waals surface area contributed by atoms with Gasteiger partial charge in [-0.15, -0.1) is 0 Å². The summed E-state index contributed by atoms with van der Waals surface area (Å²) >= 11 is 0. The van der Waals surface area contributed by atoms with Crippen molar-refractivity contribution in [3.05, 3.63) is 12.2 Å². The summed E-state index contributed by atoms with van der Waals surface area (Å²) in [6.45, 7) is 7.80. The molecule has 0 radical (unpaired) electrons. The summed E-state index contributed by atoms with van der Waals surface area (Å²) in [5, 5.41) is 0. The minimum atomic E-state index is 0.210. The van der Waals surface area contributed by atoms with Gasteiger partial charge in [-0.3, -0.25) is 4.79 Å². The molecule has 0 aliphatic rings. The average molecular weight is 183 g/mol. The molecule has 0 aromatic rings. The van der Waals surface area contributed by atoms with Crippen molar-refractivity contribution >= 4 is 5.78 Å². The highest BCUT2D eigenvalue weighted by atomic mass is 16.1. The predicted molar refractivity (Wildman–Crippen MR) is 56.6 cm³/mol. The Kier molecular flexibility index (Phi) is 6.51. The van der Waals surface area contributed by atoms with Gasteiger partial charge in [0.05, 0.1) is 0 Å². The first-order valence-corrected chi connectivity index (χ1v) is 5.00. The number of hydrogen-bond donors (Lipinski definition) is 1. The van der Waals surface area contributed by atoms with E-state index in [9.17, 15) is 4.79 Å². The van der Waals surface area contributed by atoms with E-state index < -0.39 is 0 Å². The number of allylic oxidation sites excluding steroid dienone is 1. The van der Waals surface area contributed by atoms with Crippen LogP contribution in [0.1, 0.15) is 46.0 Å². The Morgan fingerprint density at radius 1 is 1.54 bits per heavy atom. The smallest absolute Gasteiger partial charge is 0.136 e. The van der Waals surface area contributed by atoms with E-state index in [1.165, 1.54) is 0 Å². The van der Waals surface area contributed by atoms with Crippen LogP contribution in [0.25, 0.3) is 0 Å². The zero-order chi connectivity index (χ0) is 10.3. The first kappa shape index (κ1) is 12.4. The molecule has 0 aromatic heterocycles. The Balaban J connectivity index is 3.46. The van der Waals surface area contributed by atoms with Crippen molar-refractivity contribution in [2.45, 2.75) is 52.0 Å². The average Bonchev–Trinajstić information content (AvgIpc) is 2.03. The molecule has 0 aromatic carbocycles. The number of nitrogens with two attached hydrogens (primary N) is 1. The molecule has 2 nitrogen and oxygen atoms in total. The summed E-state index contributed by atoms with van der Waals surface area (Å²) in [6, 6.07) is 0.210. The van der Waals surface area contributed by atoms with Crippen molar-refractivity contribution in [2.24, 2.45) is 5.73 Å². The highest BCUT2D eigenvalue weighted by Crippen LogP contribution is 2.08. The van der Waals surface area contributed by atoms with Gasteiger partial charge in [0, 0.05) is 18.9 Å². The van der Waals surface area contributed by atoms with Crippen LogP contribution in [0.5, 0.6) is 0 Å². The van der Waals surface area contributed by atoms with Gasteiger partial charge in [-0.2, -0.15) is 0 Å². The molecule has 13 heavy (non-hydrogen) atoms. The lowest BCUT2D eigenvalue weighted by molar-refractivity contribution is -0.118. The van der Waals surface area contributed by atoms with E-state index in [-0.39, 0.29) is 6.04 Å². The Labute approximate surface area is 81.2 Å². The van der Waals surface area contributed by atoms with E-state index in [2.05, 4.69) is 6.58 Å². The van der Waals surface area contributed by atoms with Crippen molar-refractivity contribution in [3.63, 3.8) is 0 Å². The summed E-state index contributed by atoms with van der Waals surface area (Å²) in [4.78, 5) is 11.3. The standard InChI is InChI=1S/C11H21NO/c1-4-9(2)8-11(13)7-5-6-10(3)12/h10H,2,4-8,12H2,1,3H3. The quantitative estimate of drug-likeness (QED) is 0.616. The van der Waals surface area contributed by atoms with Gasteiger partial charge in [0.1, 0.15) is 5.78 Å². The first-order chi connectivity index (χ1) is 6.06. The molecule has 0 saturated carbocycles. The van der Waals surface area contributed by atoms with Crippen LogP contribution in [0.15, 0.2) is 12.2 Å². The second kappa shape index (κ2) is 6.84. The Morgan fingerprint density at radius 2 is 2.15 bits per heavy atom. The number of hydrogen-bond acceptors (Lipinski definition) is 2. The lowest BCUT2D eigenvalue weighted by Gasteiger charge is -2.04. The van der Waals surface area contributed by atoms with Crippen LogP contribution in [-0.4, -0.2) is 11.8 Å². The van der Waals surface area contributed by atoms with Gasteiger partial charge in [0.15, 0.2) is 0 Å². The summed E-state index contributed by atoms with van der Waals surface area (Å²) in [6.07, 6.45) is 3.95. The number of carbonyl (C=O) groups excluding carboxylic acids is 1. The third kappa shape index (κ3) is 7.72. The van der Waals surface area contributed by atoms with E-state index in [0.29, 0.717) is 18.6 Å². The molecule has 1 atom stereocenters. The zero-order valence-corrected chi connectivity index (χ0v) is 8.81. The summed E-state index contributed by atoms with van der Waals surface area (Å²) in [5.41, 5.74) is 6.61. The van der Waals surface area contributed by atoms with E-state index in [0.717, 1.165) is 24.8 Å². The van der Waals surface area contributed by atoms with Crippen LogP contribution >= 0.6 is 0 Å². The molecule has 2 heteroatoms. The zero-order valence-electron chi connectivity index (χ0n) is 8.81. The van der Waals surface area contributed by atoms with Crippen LogP contribution in [-0.2, 0) is 4.79 Å². The van der Waals surface area contributed by atoms with E-state index in [1.807, 2.05) is 13.8 Å². The van der Waals surface area contributed by atoms with Crippen molar-refractivity contribution < 1.29 is 4.79 Å². The van der Waals surface area contributed by atoms with Gasteiger partial charge in [-0.1, -0.05) is 19.1 Å². The summed E-state index contributed by atoms with van der Waals surface area (Å²) < 4.78 is 0. The molecule has 0 spiro atoms. The van der Waals surface area contributed by atoms with Gasteiger partial charge < -0.3 is 5.73 Å². The highest BCUT2D eigenvalue weighted by molar-refractivity contribution is 5.80. The third-order valence-electron chi connectivity index (χ3n) is 2.06. The molecule has 0 fully saturated rings. The fourth-order valence-corrected chi connectivity index (χ4v) is 1.11. The lowest BCUT2D eigenvalue weighted by Crippen LogP contribution is -2.14. The second-order valence-corrected chi connectivity index (χ2v) is 3.69. The van der Waals surface area contributed by atoms with E-state index in [4.69, 9.17) is 5.73 Å². The van der Waals surface area contributed by atoms with Gasteiger partial charge in [0.25, 0.3) is 0 Å². The molecular formula is C11H21NO. The predicted octanol–water partition coefficient (Wildman–Crippen LogP) is 2.43.